The van der Waals surface area contributed by atoms with Crippen LogP contribution in [0.15, 0.2) is 23.4 Å². The molecule has 0 saturated heterocycles. The number of dihydropyridines is 1. The number of nitrogens with one attached hydrogen (secondary N) is 1. The molecule has 1 heteroatoms. The van der Waals surface area contributed by atoms with E-state index >= 15 is 0 Å². The quantitative estimate of drug-likeness (QED) is 0.583. The van der Waals surface area contributed by atoms with Gasteiger partial charge in [-0.2, -0.15) is 0 Å². The smallest absolute Gasteiger partial charge is 0.0360 e. The van der Waals surface area contributed by atoms with Crippen molar-refractivity contribution in [3.8, 4) is 0 Å². The Morgan fingerprint density at radius 1 is 1.50 bits per heavy atom. The molecule has 0 unspecified atom stereocenters. The summed E-state index contributed by atoms with van der Waals surface area (Å²) in [6.45, 7) is 7.60. The van der Waals surface area contributed by atoms with Crippen LogP contribution in [0.2, 0.25) is 0 Å². The lowest BCUT2D eigenvalue weighted by Gasteiger charge is -2.16. The van der Waals surface area contributed by atoms with Gasteiger partial charge < -0.3 is 5.32 Å². The fourth-order valence-electron chi connectivity index (χ4n) is 1.09. The van der Waals surface area contributed by atoms with Crippen molar-refractivity contribution in [2.45, 2.75) is 20.8 Å². The Balaban J connectivity index is 2.69. The molecule has 0 aliphatic carbocycles. The Morgan fingerprint density at radius 3 is 2.60 bits per heavy atom. The molecule has 10 heavy (non-hydrogen) atoms. The predicted octanol–water partition coefficient (Wildman–Crippen LogP) is 2.08. The molecule has 1 N–H and O–H groups in total. The minimum Gasteiger partial charge on any atom is -0.387 e. The maximum absolute atomic E-state index is 3.24. The minimum atomic E-state index is 0.677. The molecule has 1 rings (SSSR count). The topological polar surface area (TPSA) is 12.0 Å². The highest BCUT2D eigenvalue weighted by Gasteiger charge is 2.04. The van der Waals surface area contributed by atoms with Gasteiger partial charge in [-0.05, 0) is 30.2 Å². The molecule has 0 atom stereocenters. The van der Waals surface area contributed by atoms with Gasteiger partial charge in [-0.15, -0.1) is 0 Å². The van der Waals surface area contributed by atoms with Crippen LogP contribution >= 0.6 is 0 Å². The van der Waals surface area contributed by atoms with Gasteiger partial charge in [0, 0.05) is 6.54 Å². The van der Waals surface area contributed by atoms with Crippen molar-refractivity contribution in [3.63, 3.8) is 0 Å². The molecule has 0 fully saturated rings. The van der Waals surface area contributed by atoms with E-state index in [4.69, 9.17) is 0 Å². The standard InChI is InChI=1S/C9H15N/c1-7(2)9-4-8(3)5-10-6-9/h4-5,7,10H,6H2,1-3H3. The van der Waals surface area contributed by atoms with Crippen LogP contribution in [-0.4, -0.2) is 6.54 Å². The van der Waals surface area contributed by atoms with Gasteiger partial charge in [-0.1, -0.05) is 19.9 Å². The summed E-state index contributed by atoms with van der Waals surface area (Å²) in [4.78, 5) is 0. The highest BCUT2D eigenvalue weighted by Crippen LogP contribution is 2.13. The van der Waals surface area contributed by atoms with E-state index < -0.39 is 0 Å². The van der Waals surface area contributed by atoms with Gasteiger partial charge in [-0.25, -0.2) is 0 Å². The fraction of sp³-hybridized carbons (Fsp3) is 0.556. The average Bonchev–Trinajstić information content (AvgIpc) is 1.88. The first-order valence-electron chi connectivity index (χ1n) is 3.81. The number of hydrogen-bond donors (Lipinski definition) is 1. The maximum atomic E-state index is 3.24. The summed E-state index contributed by atoms with van der Waals surface area (Å²) in [6, 6.07) is 0. The Kier molecular flexibility index (Phi) is 2.15. The Morgan fingerprint density at radius 2 is 2.20 bits per heavy atom. The lowest BCUT2D eigenvalue weighted by Crippen LogP contribution is -2.17. The molecule has 0 spiro atoms. The molecule has 56 valence electrons. The zero-order chi connectivity index (χ0) is 7.56. The second-order valence-electron chi connectivity index (χ2n) is 3.14. The predicted molar refractivity (Wildman–Crippen MR) is 44.7 cm³/mol. The molecule has 1 nitrogen and oxygen atoms in total. The van der Waals surface area contributed by atoms with Gasteiger partial charge in [0.2, 0.25) is 0 Å². The summed E-state index contributed by atoms with van der Waals surface area (Å²) in [7, 11) is 0. The van der Waals surface area contributed by atoms with Crippen LogP contribution in [0, 0.1) is 5.92 Å². The van der Waals surface area contributed by atoms with Crippen molar-refractivity contribution >= 4 is 0 Å². The highest BCUT2D eigenvalue weighted by molar-refractivity contribution is 5.27. The van der Waals surface area contributed by atoms with Crippen molar-refractivity contribution in [1.29, 1.82) is 0 Å². The Bertz CT molecular complexity index is 175. The second-order valence-corrected chi connectivity index (χ2v) is 3.14. The first-order chi connectivity index (χ1) is 4.70. The van der Waals surface area contributed by atoms with Gasteiger partial charge in [0.15, 0.2) is 0 Å². The molecule has 0 aromatic heterocycles. The first-order valence-corrected chi connectivity index (χ1v) is 3.81. The molecule has 0 aromatic rings. The largest absolute Gasteiger partial charge is 0.387 e. The van der Waals surface area contributed by atoms with Gasteiger partial charge in [-0.3, -0.25) is 0 Å². The third kappa shape index (κ3) is 1.63. The Labute approximate surface area is 62.8 Å². The van der Waals surface area contributed by atoms with E-state index in [9.17, 15) is 0 Å². The number of hydrogen-bond acceptors (Lipinski definition) is 1. The van der Waals surface area contributed by atoms with Crippen molar-refractivity contribution in [3.05, 3.63) is 23.4 Å². The van der Waals surface area contributed by atoms with Gasteiger partial charge in [0.05, 0.1) is 0 Å². The molecule has 1 aliphatic heterocycles. The molecule has 1 heterocycles. The van der Waals surface area contributed by atoms with E-state index in [2.05, 4.69) is 38.4 Å². The molecule has 0 aromatic carbocycles. The summed E-state index contributed by atoms with van der Waals surface area (Å²) in [6.07, 6.45) is 4.33. The summed E-state index contributed by atoms with van der Waals surface area (Å²) >= 11 is 0. The van der Waals surface area contributed by atoms with Gasteiger partial charge >= 0.3 is 0 Å². The summed E-state index contributed by atoms with van der Waals surface area (Å²) < 4.78 is 0. The maximum Gasteiger partial charge on any atom is 0.0360 e. The molecule has 1 aliphatic rings. The molecule has 0 radical (unpaired) electrons. The molecule has 0 saturated carbocycles. The van der Waals surface area contributed by atoms with Crippen LogP contribution < -0.4 is 5.32 Å². The van der Waals surface area contributed by atoms with Crippen LogP contribution in [0.3, 0.4) is 0 Å². The molecule has 0 amide bonds. The van der Waals surface area contributed by atoms with Crippen LogP contribution in [0.4, 0.5) is 0 Å². The number of rotatable bonds is 1. The van der Waals surface area contributed by atoms with Crippen LogP contribution in [-0.2, 0) is 0 Å². The summed E-state index contributed by atoms with van der Waals surface area (Å²) in [5.41, 5.74) is 2.83. The summed E-state index contributed by atoms with van der Waals surface area (Å²) in [5, 5.41) is 3.24. The van der Waals surface area contributed by atoms with Crippen LogP contribution in [0.5, 0.6) is 0 Å². The molecule has 0 bridgehead atoms. The van der Waals surface area contributed by atoms with Gasteiger partial charge in [0.25, 0.3) is 0 Å². The van der Waals surface area contributed by atoms with E-state index in [1.807, 2.05) is 0 Å². The monoisotopic (exact) mass is 137 g/mol. The third-order valence-electron chi connectivity index (χ3n) is 1.79. The van der Waals surface area contributed by atoms with E-state index in [-0.39, 0.29) is 0 Å². The van der Waals surface area contributed by atoms with Crippen LogP contribution in [0.1, 0.15) is 20.8 Å². The van der Waals surface area contributed by atoms with Gasteiger partial charge in [0.1, 0.15) is 0 Å². The van der Waals surface area contributed by atoms with Crippen molar-refractivity contribution in [1.82, 2.24) is 5.32 Å². The Hall–Kier alpha value is -0.720. The van der Waals surface area contributed by atoms with Crippen molar-refractivity contribution < 1.29 is 0 Å². The first kappa shape index (κ1) is 7.39. The normalized spacial score (nSPS) is 18.0. The van der Waals surface area contributed by atoms with Crippen molar-refractivity contribution in [2.75, 3.05) is 6.54 Å². The average molecular weight is 137 g/mol. The van der Waals surface area contributed by atoms with Crippen LogP contribution in [0.25, 0.3) is 0 Å². The lowest BCUT2D eigenvalue weighted by atomic mass is 9.99. The molecular weight excluding hydrogens is 122 g/mol. The highest BCUT2D eigenvalue weighted by atomic mass is 14.8. The minimum absolute atomic E-state index is 0.677. The van der Waals surface area contributed by atoms with E-state index in [1.54, 1.807) is 0 Å². The fourth-order valence-corrected chi connectivity index (χ4v) is 1.09. The zero-order valence-corrected chi connectivity index (χ0v) is 6.94. The SMILES string of the molecule is CC1=CNCC(C(C)C)=C1. The third-order valence-corrected chi connectivity index (χ3v) is 1.79. The van der Waals surface area contributed by atoms with E-state index in [0.717, 1.165) is 6.54 Å². The lowest BCUT2D eigenvalue weighted by molar-refractivity contribution is 0.707. The molecular formula is C9H15N. The van der Waals surface area contributed by atoms with E-state index in [1.165, 1.54) is 11.1 Å². The number of allylic oxidation sites excluding steroid dienone is 2. The second kappa shape index (κ2) is 2.91. The van der Waals surface area contributed by atoms with Crippen molar-refractivity contribution in [2.24, 2.45) is 5.92 Å². The van der Waals surface area contributed by atoms with E-state index in [0.29, 0.717) is 5.92 Å². The summed E-state index contributed by atoms with van der Waals surface area (Å²) in [5.74, 6) is 0.677. The zero-order valence-electron chi connectivity index (χ0n) is 6.94.